The quantitative estimate of drug-likeness (QED) is 0.903. The van der Waals surface area contributed by atoms with Gasteiger partial charge in [0.05, 0.1) is 16.7 Å². The summed E-state index contributed by atoms with van der Waals surface area (Å²) in [5, 5.41) is 9.42. The number of aliphatic hydroxyl groups is 1. The zero-order chi connectivity index (χ0) is 13.3. The van der Waals surface area contributed by atoms with Crippen molar-refractivity contribution in [3.8, 4) is 0 Å². The van der Waals surface area contributed by atoms with Gasteiger partial charge >= 0.3 is 5.76 Å². The molecule has 1 atom stereocenters. The topological polar surface area (TPSA) is 57.6 Å². The van der Waals surface area contributed by atoms with E-state index in [-0.39, 0.29) is 17.1 Å². The minimum Gasteiger partial charge on any atom is -0.391 e. The van der Waals surface area contributed by atoms with Gasteiger partial charge in [0.15, 0.2) is 0 Å². The van der Waals surface area contributed by atoms with Crippen molar-refractivity contribution in [2.24, 2.45) is 0 Å². The van der Waals surface area contributed by atoms with Crippen LogP contribution in [0.15, 0.2) is 29.2 Å². The van der Waals surface area contributed by atoms with Crippen LogP contribution in [0.2, 0.25) is 0 Å². The smallest absolute Gasteiger partial charge is 0.341 e. The Kier molecular flexibility index (Phi) is 3.54. The number of hydrogen-bond acceptors (Lipinski definition) is 4. The molecule has 0 aliphatic carbocycles. The van der Waals surface area contributed by atoms with Crippen molar-refractivity contribution in [3.63, 3.8) is 0 Å². The van der Waals surface area contributed by atoms with E-state index in [1.54, 1.807) is 11.0 Å². The van der Waals surface area contributed by atoms with E-state index in [2.05, 4.69) is 0 Å². The Labute approximate surface area is 104 Å². The van der Waals surface area contributed by atoms with Gasteiger partial charge in [-0.3, -0.25) is 0 Å². The average Bonchev–Trinajstić information content (AvgIpc) is 2.75. The number of benzene rings is 1. The molecule has 1 heterocycles. The SMILES string of the molecule is O=S(=O)(c1ccccc1N1CC[C@H](O)C1)C(F)F. The van der Waals surface area contributed by atoms with Gasteiger partial charge in [0.25, 0.3) is 0 Å². The Bertz CT molecular complexity index is 533. The number of alkyl halides is 2. The maximum atomic E-state index is 12.6. The zero-order valence-electron chi connectivity index (χ0n) is 9.46. The first-order valence-electron chi connectivity index (χ1n) is 5.47. The molecule has 1 aliphatic rings. The predicted molar refractivity (Wildman–Crippen MR) is 62.5 cm³/mol. The van der Waals surface area contributed by atoms with Crippen LogP contribution in [-0.2, 0) is 9.84 Å². The fraction of sp³-hybridized carbons (Fsp3) is 0.455. The van der Waals surface area contributed by atoms with Crippen molar-refractivity contribution >= 4 is 15.5 Å². The monoisotopic (exact) mass is 277 g/mol. The minimum absolute atomic E-state index is 0.231. The van der Waals surface area contributed by atoms with E-state index in [9.17, 15) is 22.3 Å². The lowest BCUT2D eigenvalue weighted by Gasteiger charge is -2.21. The Morgan fingerprint density at radius 1 is 1.33 bits per heavy atom. The molecule has 1 aromatic carbocycles. The molecule has 4 nitrogen and oxygen atoms in total. The van der Waals surface area contributed by atoms with Gasteiger partial charge < -0.3 is 10.0 Å². The number of halogens is 2. The highest BCUT2D eigenvalue weighted by Gasteiger charge is 2.32. The van der Waals surface area contributed by atoms with E-state index in [0.717, 1.165) is 0 Å². The molecule has 7 heteroatoms. The summed E-state index contributed by atoms with van der Waals surface area (Å²) in [5.74, 6) is -3.44. The van der Waals surface area contributed by atoms with Crippen LogP contribution in [0.4, 0.5) is 14.5 Å². The van der Waals surface area contributed by atoms with Gasteiger partial charge in [-0.2, -0.15) is 8.78 Å². The summed E-state index contributed by atoms with van der Waals surface area (Å²) in [6.07, 6.45) is -0.0458. The summed E-state index contributed by atoms with van der Waals surface area (Å²) in [6.45, 7) is 0.715. The van der Waals surface area contributed by atoms with Gasteiger partial charge in [-0.05, 0) is 18.6 Å². The number of sulfone groups is 1. The van der Waals surface area contributed by atoms with Gasteiger partial charge in [0.2, 0.25) is 9.84 Å². The van der Waals surface area contributed by atoms with Gasteiger partial charge in [-0.25, -0.2) is 8.42 Å². The second kappa shape index (κ2) is 4.81. The Morgan fingerprint density at radius 2 is 2.00 bits per heavy atom. The third-order valence-corrected chi connectivity index (χ3v) is 4.34. The summed E-state index contributed by atoms with van der Waals surface area (Å²) in [6, 6.07) is 5.64. The molecular weight excluding hydrogens is 264 g/mol. The number of hydrogen-bond donors (Lipinski definition) is 1. The van der Waals surface area contributed by atoms with Crippen LogP contribution in [0, 0.1) is 0 Å². The molecule has 1 N–H and O–H groups in total. The molecule has 1 aromatic rings. The maximum Gasteiger partial charge on any atom is 0.341 e. The van der Waals surface area contributed by atoms with E-state index in [0.29, 0.717) is 13.0 Å². The molecule has 0 amide bonds. The van der Waals surface area contributed by atoms with Crippen LogP contribution in [0.25, 0.3) is 0 Å². The van der Waals surface area contributed by atoms with Gasteiger partial charge in [-0.1, -0.05) is 12.1 Å². The molecule has 0 spiro atoms. The summed E-state index contributed by atoms with van der Waals surface area (Å²) >= 11 is 0. The summed E-state index contributed by atoms with van der Waals surface area (Å²) in [4.78, 5) is 1.23. The van der Waals surface area contributed by atoms with Crippen molar-refractivity contribution in [2.75, 3.05) is 18.0 Å². The van der Waals surface area contributed by atoms with E-state index in [1.165, 1.54) is 18.2 Å². The fourth-order valence-corrected chi connectivity index (χ4v) is 2.96. The van der Waals surface area contributed by atoms with E-state index < -0.39 is 21.7 Å². The number of aliphatic hydroxyl groups excluding tert-OH is 1. The number of rotatable bonds is 3. The van der Waals surface area contributed by atoms with Crippen LogP contribution in [0.3, 0.4) is 0 Å². The van der Waals surface area contributed by atoms with Gasteiger partial charge in [-0.15, -0.1) is 0 Å². The normalized spacial score (nSPS) is 20.7. The van der Waals surface area contributed by atoms with E-state index in [4.69, 9.17) is 0 Å². The Morgan fingerprint density at radius 3 is 2.56 bits per heavy atom. The Balaban J connectivity index is 2.44. The number of anilines is 1. The van der Waals surface area contributed by atoms with Crippen LogP contribution in [-0.4, -0.2) is 38.5 Å². The molecule has 100 valence electrons. The summed E-state index contributed by atoms with van der Waals surface area (Å²) in [5.41, 5.74) is 0.231. The first-order chi connectivity index (χ1) is 8.43. The standard InChI is InChI=1S/C11H13F2NO3S/c12-11(13)18(16,17)10-4-2-1-3-9(10)14-6-5-8(15)7-14/h1-4,8,11,15H,5-7H2/t8-/m0/s1. The molecule has 18 heavy (non-hydrogen) atoms. The molecule has 0 aromatic heterocycles. The highest BCUT2D eigenvalue weighted by Crippen LogP contribution is 2.31. The van der Waals surface area contributed by atoms with Gasteiger partial charge in [0.1, 0.15) is 0 Å². The van der Waals surface area contributed by atoms with Crippen molar-refractivity contribution in [3.05, 3.63) is 24.3 Å². The molecule has 0 bridgehead atoms. The summed E-state index contributed by atoms with van der Waals surface area (Å²) < 4.78 is 48.3. The van der Waals surface area contributed by atoms with Crippen LogP contribution >= 0.6 is 0 Å². The molecule has 0 unspecified atom stereocenters. The fourth-order valence-electron chi connectivity index (χ4n) is 2.02. The van der Waals surface area contributed by atoms with Crippen LogP contribution < -0.4 is 4.90 Å². The highest BCUT2D eigenvalue weighted by atomic mass is 32.2. The van der Waals surface area contributed by atoms with E-state index in [1.807, 2.05) is 0 Å². The number of nitrogens with zero attached hydrogens (tertiary/aromatic N) is 1. The Hall–Kier alpha value is -1.21. The molecular formula is C11H13F2NO3S. The summed E-state index contributed by atoms with van der Waals surface area (Å²) in [7, 11) is -4.62. The molecule has 0 radical (unpaired) electrons. The number of para-hydroxylation sites is 1. The van der Waals surface area contributed by atoms with Crippen molar-refractivity contribution in [2.45, 2.75) is 23.2 Å². The largest absolute Gasteiger partial charge is 0.391 e. The van der Waals surface area contributed by atoms with Crippen molar-refractivity contribution in [1.82, 2.24) is 0 Å². The average molecular weight is 277 g/mol. The number of β-amino-alcohol motifs (C(OH)–C–C–N with tert-alkyl or cyclic N) is 1. The predicted octanol–water partition coefficient (Wildman–Crippen LogP) is 1.25. The van der Waals surface area contributed by atoms with Crippen LogP contribution in [0.1, 0.15) is 6.42 Å². The molecule has 2 rings (SSSR count). The van der Waals surface area contributed by atoms with Crippen molar-refractivity contribution in [1.29, 1.82) is 0 Å². The highest BCUT2D eigenvalue weighted by molar-refractivity contribution is 7.91. The molecule has 1 aliphatic heterocycles. The lowest BCUT2D eigenvalue weighted by molar-refractivity contribution is 0.198. The maximum absolute atomic E-state index is 12.6. The molecule has 1 fully saturated rings. The first-order valence-corrected chi connectivity index (χ1v) is 7.01. The van der Waals surface area contributed by atoms with Crippen LogP contribution in [0.5, 0.6) is 0 Å². The first kappa shape index (κ1) is 13.2. The van der Waals surface area contributed by atoms with Crippen molar-refractivity contribution < 1.29 is 22.3 Å². The van der Waals surface area contributed by atoms with Gasteiger partial charge in [0, 0.05) is 13.1 Å². The lowest BCUT2D eigenvalue weighted by atomic mass is 10.3. The molecule has 0 saturated carbocycles. The second-order valence-corrected chi connectivity index (χ2v) is 6.05. The zero-order valence-corrected chi connectivity index (χ0v) is 10.3. The second-order valence-electron chi connectivity index (χ2n) is 4.16. The third kappa shape index (κ3) is 2.32. The lowest BCUT2D eigenvalue weighted by Crippen LogP contribution is -2.24. The van der Waals surface area contributed by atoms with E-state index >= 15 is 0 Å². The third-order valence-electron chi connectivity index (χ3n) is 2.91. The minimum atomic E-state index is -4.62. The molecule has 1 saturated heterocycles.